The van der Waals surface area contributed by atoms with Crippen molar-refractivity contribution in [1.29, 1.82) is 0 Å². The van der Waals surface area contributed by atoms with E-state index < -0.39 is 0 Å². The molecule has 1 N–H and O–H groups in total. The second-order valence-electron chi connectivity index (χ2n) is 5.14. The van der Waals surface area contributed by atoms with Crippen LogP contribution in [0.2, 0.25) is 0 Å². The Morgan fingerprint density at radius 1 is 1.35 bits per heavy atom. The second-order valence-corrected chi connectivity index (χ2v) is 5.14. The Labute approximate surface area is 103 Å². The van der Waals surface area contributed by atoms with Crippen molar-refractivity contribution in [1.82, 2.24) is 25.5 Å². The van der Waals surface area contributed by atoms with E-state index in [4.69, 9.17) is 0 Å². The average Bonchev–Trinajstić information content (AvgIpc) is 2.57. The summed E-state index contributed by atoms with van der Waals surface area (Å²) in [6.07, 6.45) is 8.49. The highest BCUT2D eigenvalue weighted by molar-refractivity contribution is 4.97. The Bertz CT molecular complexity index is 338. The van der Waals surface area contributed by atoms with Crippen molar-refractivity contribution in [2.24, 2.45) is 7.05 Å². The van der Waals surface area contributed by atoms with E-state index in [1.807, 2.05) is 7.05 Å². The first kappa shape index (κ1) is 12.5. The largest absolute Gasteiger partial charge is 0.311 e. The lowest BCUT2D eigenvalue weighted by Gasteiger charge is -2.32. The van der Waals surface area contributed by atoms with Gasteiger partial charge in [0.15, 0.2) is 5.82 Å². The number of rotatable bonds is 4. The van der Waals surface area contributed by atoms with E-state index in [2.05, 4.69) is 27.7 Å². The molecule has 1 atom stereocenters. The second kappa shape index (κ2) is 5.58. The summed E-state index contributed by atoms with van der Waals surface area (Å²) in [5.74, 6) is 0.871. The molecule has 0 spiro atoms. The maximum Gasteiger partial charge on any atom is 0.176 e. The van der Waals surface area contributed by atoms with E-state index >= 15 is 0 Å². The van der Waals surface area contributed by atoms with Gasteiger partial charge in [0.1, 0.15) is 0 Å². The quantitative estimate of drug-likeness (QED) is 0.861. The number of tetrazole rings is 1. The molecule has 1 fully saturated rings. The number of hydrogen-bond acceptors (Lipinski definition) is 4. The predicted octanol–water partition coefficient (Wildman–Crippen LogP) is 1.46. The lowest BCUT2D eigenvalue weighted by molar-refractivity contribution is 0.283. The molecule has 0 aliphatic carbocycles. The summed E-state index contributed by atoms with van der Waals surface area (Å²) >= 11 is 0. The molecule has 0 bridgehead atoms. The molecule has 96 valence electrons. The fourth-order valence-electron chi connectivity index (χ4n) is 2.84. The fraction of sp³-hybridized carbons (Fsp3) is 0.917. The third-order valence-electron chi connectivity index (χ3n) is 3.61. The Morgan fingerprint density at radius 2 is 2.24 bits per heavy atom. The molecule has 0 radical (unpaired) electrons. The van der Waals surface area contributed by atoms with Crippen molar-refractivity contribution in [2.75, 3.05) is 6.54 Å². The highest BCUT2D eigenvalue weighted by Crippen LogP contribution is 2.26. The minimum atomic E-state index is 0.203. The maximum absolute atomic E-state index is 4.32. The first-order valence-electron chi connectivity index (χ1n) is 6.72. The lowest BCUT2D eigenvalue weighted by atomic mass is 9.85. The Morgan fingerprint density at radius 3 is 2.94 bits per heavy atom. The zero-order valence-corrected chi connectivity index (χ0v) is 10.9. The molecule has 17 heavy (non-hydrogen) atoms. The average molecular weight is 237 g/mol. The fourth-order valence-corrected chi connectivity index (χ4v) is 2.84. The molecule has 0 saturated carbocycles. The zero-order chi connectivity index (χ0) is 12.1. The number of nitrogens with one attached hydrogen (secondary N) is 1. The van der Waals surface area contributed by atoms with Crippen LogP contribution < -0.4 is 5.32 Å². The minimum absolute atomic E-state index is 0.203. The van der Waals surface area contributed by atoms with Crippen molar-refractivity contribution in [3.8, 4) is 0 Å². The van der Waals surface area contributed by atoms with Gasteiger partial charge in [-0.3, -0.25) is 0 Å². The van der Waals surface area contributed by atoms with Gasteiger partial charge in [0.2, 0.25) is 0 Å². The summed E-state index contributed by atoms with van der Waals surface area (Å²) in [6.45, 7) is 3.37. The summed E-state index contributed by atoms with van der Waals surface area (Å²) in [5, 5.41) is 16.1. The van der Waals surface area contributed by atoms with Crippen LogP contribution in [0.1, 0.15) is 51.3 Å². The Hall–Kier alpha value is -0.970. The molecule has 5 heteroatoms. The van der Waals surface area contributed by atoms with Crippen LogP contribution in [0.25, 0.3) is 0 Å². The van der Waals surface area contributed by atoms with Gasteiger partial charge in [-0.05, 0) is 31.0 Å². The summed E-state index contributed by atoms with van der Waals surface area (Å²) in [5.41, 5.74) is 0.203. The Balaban J connectivity index is 2.09. The van der Waals surface area contributed by atoms with E-state index in [0.717, 1.165) is 18.8 Å². The molecule has 0 aromatic carbocycles. The van der Waals surface area contributed by atoms with E-state index in [9.17, 15) is 0 Å². The standard InChI is InChI=1S/C12H23N5/c1-3-7-12(8-5-4-6-9-13-12)10-11-14-16-17(2)15-11/h13H,3-10H2,1-2H3. The van der Waals surface area contributed by atoms with Gasteiger partial charge >= 0.3 is 0 Å². The van der Waals surface area contributed by atoms with E-state index in [1.54, 1.807) is 4.80 Å². The van der Waals surface area contributed by atoms with Crippen molar-refractivity contribution < 1.29 is 0 Å². The molecule has 1 aromatic heterocycles. The number of hydrogen-bond donors (Lipinski definition) is 1. The van der Waals surface area contributed by atoms with Crippen LogP contribution in [0.3, 0.4) is 0 Å². The third kappa shape index (κ3) is 3.25. The summed E-state index contributed by atoms with van der Waals surface area (Å²) in [7, 11) is 1.82. The number of aryl methyl sites for hydroxylation is 1. The minimum Gasteiger partial charge on any atom is -0.311 e. The maximum atomic E-state index is 4.32. The molecular weight excluding hydrogens is 214 g/mol. The smallest absolute Gasteiger partial charge is 0.176 e. The van der Waals surface area contributed by atoms with Crippen molar-refractivity contribution in [3.63, 3.8) is 0 Å². The monoisotopic (exact) mass is 237 g/mol. The van der Waals surface area contributed by atoms with Crippen molar-refractivity contribution in [2.45, 2.75) is 57.4 Å². The lowest BCUT2D eigenvalue weighted by Crippen LogP contribution is -2.46. The van der Waals surface area contributed by atoms with Crippen LogP contribution in [0.15, 0.2) is 0 Å². The zero-order valence-electron chi connectivity index (χ0n) is 10.9. The molecule has 2 heterocycles. The molecule has 2 rings (SSSR count). The van der Waals surface area contributed by atoms with Gasteiger partial charge in [0.25, 0.3) is 0 Å². The van der Waals surface area contributed by atoms with Gasteiger partial charge in [-0.2, -0.15) is 4.80 Å². The summed E-state index contributed by atoms with van der Waals surface area (Å²) in [4.78, 5) is 1.55. The van der Waals surface area contributed by atoms with Gasteiger partial charge in [-0.25, -0.2) is 0 Å². The van der Waals surface area contributed by atoms with Crippen LogP contribution in [-0.4, -0.2) is 32.3 Å². The van der Waals surface area contributed by atoms with Gasteiger partial charge in [0.05, 0.1) is 7.05 Å². The van der Waals surface area contributed by atoms with Gasteiger partial charge in [-0.1, -0.05) is 26.2 Å². The van der Waals surface area contributed by atoms with Crippen molar-refractivity contribution >= 4 is 0 Å². The highest BCUT2D eigenvalue weighted by Gasteiger charge is 2.31. The molecule has 1 saturated heterocycles. The van der Waals surface area contributed by atoms with E-state index in [-0.39, 0.29) is 5.54 Å². The predicted molar refractivity (Wildman–Crippen MR) is 66.6 cm³/mol. The highest BCUT2D eigenvalue weighted by atomic mass is 15.6. The first-order chi connectivity index (χ1) is 8.24. The third-order valence-corrected chi connectivity index (χ3v) is 3.61. The van der Waals surface area contributed by atoms with Gasteiger partial charge < -0.3 is 5.32 Å². The van der Waals surface area contributed by atoms with Gasteiger partial charge in [-0.15, -0.1) is 10.2 Å². The topological polar surface area (TPSA) is 55.6 Å². The normalized spacial score (nSPS) is 25.8. The van der Waals surface area contributed by atoms with Gasteiger partial charge in [0, 0.05) is 12.0 Å². The summed E-state index contributed by atoms with van der Waals surface area (Å²) in [6, 6.07) is 0. The molecule has 1 aliphatic rings. The molecular formula is C12H23N5. The van der Waals surface area contributed by atoms with Crippen LogP contribution >= 0.6 is 0 Å². The molecule has 1 unspecified atom stereocenters. The number of aromatic nitrogens is 4. The first-order valence-corrected chi connectivity index (χ1v) is 6.72. The molecule has 1 aliphatic heterocycles. The SMILES string of the molecule is CCCC1(Cc2nnn(C)n2)CCCCCN1. The van der Waals surface area contributed by atoms with Crippen LogP contribution in [0.4, 0.5) is 0 Å². The van der Waals surface area contributed by atoms with Crippen molar-refractivity contribution in [3.05, 3.63) is 5.82 Å². The van der Waals surface area contributed by atoms with Crippen LogP contribution in [-0.2, 0) is 13.5 Å². The number of nitrogens with zero attached hydrogens (tertiary/aromatic N) is 4. The molecule has 1 aromatic rings. The molecule has 5 nitrogen and oxygen atoms in total. The van der Waals surface area contributed by atoms with E-state index in [1.165, 1.54) is 38.5 Å². The molecule has 0 amide bonds. The van der Waals surface area contributed by atoms with Crippen LogP contribution in [0, 0.1) is 0 Å². The summed E-state index contributed by atoms with van der Waals surface area (Å²) < 4.78 is 0. The van der Waals surface area contributed by atoms with Crippen LogP contribution in [0.5, 0.6) is 0 Å². The Kier molecular flexibility index (Phi) is 4.10. The van der Waals surface area contributed by atoms with E-state index in [0.29, 0.717) is 0 Å².